The van der Waals surface area contributed by atoms with E-state index in [9.17, 15) is 9.59 Å². The Labute approximate surface area is 163 Å². The zero-order chi connectivity index (χ0) is 19.0. The Morgan fingerprint density at radius 3 is 2.26 bits per heavy atom. The van der Waals surface area contributed by atoms with Gasteiger partial charge in [-0.15, -0.1) is 0 Å². The van der Waals surface area contributed by atoms with E-state index in [2.05, 4.69) is 38.4 Å². The molecular formula is C20H15BrN2O4. The van der Waals surface area contributed by atoms with Gasteiger partial charge in [0.05, 0.1) is 10.2 Å². The van der Waals surface area contributed by atoms with Crippen LogP contribution in [0.4, 0.5) is 10.5 Å². The third-order valence-corrected chi connectivity index (χ3v) is 5.24. The molecule has 1 aromatic heterocycles. The van der Waals surface area contributed by atoms with Gasteiger partial charge in [-0.2, -0.15) is 0 Å². The van der Waals surface area contributed by atoms with Crippen molar-refractivity contribution in [3.8, 4) is 11.1 Å². The van der Waals surface area contributed by atoms with Gasteiger partial charge in [0.1, 0.15) is 12.3 Å². The Morgan fingerprint density at radius 2 is 1.67 bits per heavy atom. The fourth-order valence-corrected chi connectivity index (χ4v) is 3.84. The van der Waals surface area contributed by atoms with Crippen molar-refractivity contribution in [3.63, 3.8) is 0 Å². The number of hydrogen-bond donors (Lipinski definition) is 3. The number of aromatic nitrogens is 1. The highest BCUT2D eigenvalue weighted by Crippen LogP contribution is 2.44. The summed E-state index contributed by atoms with van der Waals surface area (Å²) in [5, 5.41) is 11.7. The highest BCUT2D eigenvalue weighted by molar-refractivity contribution is 9.10. The van der Waals surface area contributed by atoms with Crippen LogP contribution >= 0.6 is 15.9 Å². The van der Waals surface area contributed by atoms with Crippen molar-refractivity contribution in [1.29, 1.82) is 0 Å². The lowest BCUT2D eigenvalue weighted by atomic mass is 9.98. The van der Waals surface area contributed by atoms with Crippen LogP contribution in [0.3, 0.4) is 0 Å². The van der Waals surface area contributed by atoms with Gasteiger partial charge >= 0.3 is 12.1 Å². The normalized spacial score (nSPS) is 12.3. The predicted molar refractivity (Wildman–Crippen MR) is 104 cm³/mol. The van der Waals surface area contributed by atoms with Gasteiger partial charge in [0.2, 0.25) is 0 Å². The second kappa shape index (κ2) is 6.92. The van der Waals surface area contributed by atoms with E-state index in [0.717, 1.165) is 22.3 Å². The van der Waals surface area contributed by atoms with Crippen LogP contribution < -0.4 is 5.32 Å². The highest BCUT2D eigenvalue weighted by atomic mass is 79.9. The Morgan fingerprint density at radius 1 is 1.07 bits per heavy atom. The van der Waals surface area contributed by atoms with Crippen LogP contribution in [0.15, 0.2) is 59.2 Å². The molecule has 1 heterocycles. The Kier molecular flexibility index (Phi) is 4.45. The minimum absolute atomic E-state index is 0.0586. The van der Waals surface area contributed by atoms with E-state index in [1.54, 1.807) is 0 Å². The molecule has 0 spiro atoms. The van der Waals surface area contributed by atoms with Crippen molar-refractivity contribution in [3.05, 3.63) is 76.0 Å². The topological polar surface area (TPSA) is 91.4 Å². The predicted octanol–water partition coefficient (Wildman–Crippen LogP) is 4.84. The number of aromatic amines is 1. The molecule has 0 fully saturated rings. The van der Waals surface area contributed by atoms with Gasteiger partial charge in [0.25, 0.3) is 0 Å². The lowest BCUT2D eigenvalue weighted by Crippen LogP contribution is -2.19. The average Bonchev–Trinajstić information content (AvgIpc) is 3.19. The number of nitrogens with one attached hydrogen (secondary N) is 2. The number of carbonyl (C=O) groups excluding carboxylic acids is 1. The molecule has 0 unspecified atom stereocenters. The van der Waals surface area contributed by atoms with Gasteiger partial charge in [-0.05, 0) is 38.2 Å². The molecule has 27 heavy (non-hydrogen) atoms. The summed E-state index contributed by atoms with van der Waals surface area (Å²) in [6, 6.07) is 16.1. The number of anilines is 1. The Balaban J connectivity index is 1.52. The largest absolute Gasteiger partial charge is 0.477 e. The first-order valence-electron chi connectivity index (χ1n) is 8.28. The molecule has 6 nitrogen and oxygen atoms in total. The lowest BCUT2D eigenvalue weighted by Gasteiger charge is -2.14. The van der Waals surface area contributed by atoms with Gasteiger partial charge in [-0.3, -0.25) is 5.32 Å². The second-order valence-electron chi connectivity index (χ2n) is 6.14. The first-order valence-corrected chi connectivity index (χ1v) is 9.07. The molecule has 2 aromatic carbocycles. The number of hydrogen-bond acceptors (Lipinski definition) is 3. The molecule has 0 atom stereocenters. The second-order valence-corrected chi connectivity index (χ2v) is 7.00. The molecule has 0 bridgehead atoms. The zero-order valence-corrected chi connectivity index (χ0v) is 15.6. The molecule has 3 aromatic rings. The van der Waals surface area contributed by atoms with Gasteiger partial charge in [-0.25, -0.2) is 9.59 Å². The lowest BCUT2D eigenvalue weighted by molar-refractivity contribution is 0.0692. The number of fused-ring (bicyclic) bond motifs is 3. The number of benzene rings is 2. The number of aromatic carboxylic acids is 1. The molecule has 4 rings (SSSR count). The van der Waals surface area contributed by atoms with E-state index in [4.69, 9.17) is 9.84 Å². The maximum Gasteiger partial charge on any atom is 0.411 e. The van der Waals surface area contributed by atoms with Gasteiger partial charge < -0.3 is 14.8 Å². The molecule has 0 aliphatic heterocycles. The van der Waals surface area contributed by atoms with Crippen molar-refractivity contribution in [1.82, 2.24) is 4.98 Å². The van der Waals surface area contributed by atoms with Crippen molar-refractivity contribution in [2.45, 2.75) is 5.92 Å². The molecule has 1 aliphatic rings. The molecular weight excluding hydrogens is 412 g/mol. The monoisotopic (exact) mass is 426 g/mol. The minimum atomic E-state index is -1.17. The molecule has 1 aliphatic carbocycles. The Hall–Kier alpha value is -3.06. The number of ether oxygens (including phenoxy) is 1. The molecule has 1 amide bonds. The van der Waals surface area contributed by atoms with E-state index in [0.29, 0.717) is 4.47 Å². The van der Waals surface area contributed by atoms with E-state index in [1.165, 1.54) is 6.20 Å². The fourth-order valence-electron chi connectivity index (χ4n) is 3.43. The van der Waals surface area contributed by atoms with Crippen LogP contribution in [0.2, 0.25) is 0 Å². The van der Waals surface area contributed by atoms with Crippen LogP contribution in [0, 0.1) is 0 Å². The number of carboxylic acid groups (broad SMARTS) is 1. The van der Waals surface area contributed by atoms with E-state index < -0.39 is 12.1 Å². The van der Waals surface area contributed by atoms with Crippen LogP contribution in [-0.4, -0.2) is 28.8 Å². The van der Waals surface area contributed by atoms with Crippen molar-refractivity contribution in [2.24, 2.45) is 0 Å². The standard InChI is InChI=1S/C20H15BrN2O4/c21-16-9-22-18(19(24)25)17(16)23-20(26)27-10-15-13-7-3-1-5-11(13)12-6-2-4-8-14(12)15/h1-9,15,22H,10H2,(H,23,26)(H,24,25). The first kappa shape index (κ1) is 17.4. The first-order chi connectivity index (χ1) is 13.1. The maximum atomic E-state index is 12.3. The quantitative estimate of drug-likeness (QED) is 0.556. The van der Waals surface area contributed by atoms with Crippen molar-refractivity contribution >= 4 is 33.7 Å². The number of rotatable bonds is 4. The molecule has 3 N–H and O–H groups in total. The molecule has 136 valence electrons. The highest BCUT2D eigenvalue weighted by Gasteiger charge is 2.29. The smallest absolute Gasteiger partial charge is 0.411 e. The molecule has 0 saturated carbocycles. The number of H-pyrrole nitrogens is 1. The third kappa shape index (κ3) is 3.10. The third-order valence-electron chi connectivity index (χ3n) is 4.62. The summed E-state index contributed by atoms with van der Waals surface area (Å²) in [6.45, 7) is 0.157. The van der Waals surface area contributed by atoms with Crippen LogP contribution in [-0.2, 0) is 4.74 Å². The van der Waals surface area contributed by atoms with Gasteiger partial charge in [0.15, 0.2) is 0 Å². The fraction of sp³-hybridized carbons (Fsp3) is 0.100. The minimum Gasteiger partial charge on any atom is -0.477 e. The van der Waals surface area contributed by atoms with Gasteiger partial charge in [-0.1, -0.05) is 48.5 Å². The number of halogens is 1. The van der Waals surface area contributed by atoms with Crippen molar-refractivity contribution < 1.29 is 19.4 Å². The van der Waals surface area contributed by atoms with Crippen molar-refractivity contribution in [2.75, 3.05) is 11.9 Å². The summed E-state index contributed by atoms with van der Waals surface area (Å²) in [7, 11) is 0. The summed E-state index contributed by atoms with van der Waals surface area (Å²) < 4.78 is 5.86. The molecule has 0 radical (unpaired) electrons. The number of amides is 1. The zero-order valence-electron chi connectivity index (χ0n) is 14.0. The summed E-state index contributed by atoms with van der Waals surface area (Å²) in [6.07, 6.45) is 0.738. The van der Waals surface area contributed by atoms with E-state index >= 15 is 0 Å². The number of carbonyl (C=O) groups is 2. The van der Waals surface area contributed by atoms with Gasteiger partial charge in [0, 0.05) is 12.1 Å². The maximum absolute atomic E-state index is 12.3. The van der Waals surface area contributed by atoms with E-state index in [-0.39, 0.29) is 23.9 Å². The van der Waals surface area contributed by atoms with E-state index in [1.807, 2.05) is 36.4 Å². The molecule has 7 heteroatoms. The summed E-state index contributed by atoms with van der Waals surface area (Å²) in [5.74, 6) is -1.23. The summed E-state index contributed by atoms with van der Waals surface area (Å²) >= 11 is 3.21. The summed E-state index contributed by atoms with van der Waals surface area (Å²) in [5.41, 5.74) is 4.53. The molecule has 0 saturated heterocycles. The van der Waals surface area contributed by atoms with Crippen LogP contribution in [0.25, 0.3) is 11.1 Å². The SMILES string of the molecule is O=C(Nc1c(Br)c[nH]c1C(=O)O)OCC1c2ccccc2-c2ccccc21. The average molecular weight is 427 g/mol. The van der Waals surface area contributed by atoms with Crippen LogP contribution in [0.5, 0.6) is 0 Å². The summed E-state index contributed by atoms with van der Waals surface area (Å²) in [4.78, 5) is 26.1. The Bertz CT molecular complexity index is 998. The number of carboxylic acids is 1. The van der Waals surface area contributed by atoms with Crippen LogP contribution in [0.1, 0.15) is 27.5 Å².